The van der Waals surface area contributed by atoms with Crippen LogP contribution in [-0.2, 0) is 19.6 Å². The van der Waals surface area contributed by atoms with Gasteiger partial charge >= 0.3 is 0 Å². The SMILES string of the molecule is COc1cccc([C@H]2CN(S(=O)(=O)c3ccccc3)C[C@H]2C(=O)N2CCOCC2)c1. The van der Waals surface area contributed by atoms with E-state index < -0.39 is 15.9 Å². The second-order valence-corrected chi connectivity index (χ2v) is 9.50. The molecule has 2 saturated heterocycles. The summed E-state index contributed by atoms with van der Waals surface area (Å²) in [6, 6.07) is 15.9. The zero-order valence-electron chi connectivity index (χ0n) is 16.9. The predicted molar refractivity (Wildman–Crippen MR) is 112 cm³/mol. The third kappa shape index (κ3) is 4.08. The van der Waals surface area contributed by atoms with Crippen LogP contribution in [0.25, 0.3) is 0 Å². The van der Waals surface area contributed by atoms with Crippen molar-refractivity contribution in [3.05, 3.63) is 60.2 Å². The van der Waals surface area contributed by atoms with Crippen LogP contribution in [0, 0.1) is 5.92 Å². The minimum atomic E-state index is -3.69. The molecule has 2 fully saturated rings. The second kappa shape index (κ2) is 8.75. The fourth-order valence-electron chi connectivity index (χ4n) is 4.18. The Hall–Kier alpha value is -2.42. The molecule has 0 aliphatic carbocycles. The lowest BCUT2D eigenvalue weighted by atomic mass is 9.87. The number of benzene rings is 2. The number of amides is 1. The van der Waals surface area contributed by atoms with Crippen LogP contribution in [0.5, 0.6) is 5.75 Å². The molecule has 0 unspecified atom stereocenters. The molecule has 2 heterocycles. The lowest BCUT2D eigenvalue weighted by molar-refractivity contribution is -0.139. The van der Waals surface area contributed by atoms with E-state index in [2.05, 4.69) is 0 Å². The van der Waals surface area contributed by atoms with Gasteiger partial charge in [-0.1, -0.05) is 30.3 Å². The van der Waals surface area contributed by atoms with Crippen LogP contribution in [0.3, 0.4) is 0 Å². The molecule has 0 bridgehead atoms. The molecule has 0 N–H and O–H groups in total. The van der Waals surface area contributed by atoms with Crippen LogP contribution in [0.4, 0.5) is 0 Å². The fraction of sp³-hybridized carbons (Fsp3) is 0.409. The molecule has 1 amide bonds. The van der Waals surface area contributed by atoms with Crippen LogP contribution in [0.1, 0.15) is 11.5 Å². The lowest BCUT2D eigenvalue weighted by Gasteiger charge is -2.31. The number of nitrogens with zero attached hydrogens (tertiary/aromatic N) is 2. The number of morpholine rings is 1. The number of hydrogen-bond acceptors (Lipinski definition) is 5. The molecule has 30 heavy (non-hydrogen) atoms. The molecule has 2 aliphatic heterocycles. The number of carbonyl (C=O) groups excluding carboxylic acids is 1. The highest BCUT2D eigenvalue weighted by atomic mass is 32.2. The maximum Gasteiger partial charge on any atom is 0.243 e. The van der Waals surface area contributed by atoms with Crippen molar-refractivity contribution in [3.8, 4) is 5.75 Å². The van der Waals surface area contributed by atoms with Crippen molar-refractivity contribution in [3.63, 3.8) is 0 Å². The van der Waals surface area contributed by atoms with Crippen molar-refractivity contribution < 1.29 is 22.7 Å². The molecule has 7 nitrogen and oxygen atoms in total. The minimum absolute atomic E-state index is 0.0168. The van der Waals surface area contributed by atoms with Crippen molar-refractivity contribution >= 4 is 15.9 Å². The molecule has 2 aromatic rings. The predicted octanol–water partition coefficient (Wildman–Crippen LogP) is 1.96. The van der Waals surface area contributed by atoms with Gasteiger partial charge in [0.05, 0.1) is 31.1 Å². The van der Waals surface area contributed by atoms with Gasteiger partial charge in [-0.3, -0.25) is 4.79 Å². The van der Waals surface area contributed by atoms with E-state index >= 15 is 0 Å². The van der Waals surface area contributed by atoms with Crippen LogP contribution in [-0.4, -0.2) is 70.0 Å². The quantitative estimate of drug-likeness (QED) is 0.725. The Kier molecular flexibility index (Phi) is 6.08. The first-order valence-electron chi connectivity index (χ1n) is 10.1. The molecule has 160 valence electrons. The van der Waals surface area contributed by atoms with Gasteiger partial charge < -0.3 is 14.4 Å². The van der Waals surface area contributed by atoms with Crippen LogP contribution < -0.4 is 4.74 Å². The third-order valence-electron chi connectivity index (χ3n) is 5.83. The smallest absolute Gasteiger partial charge is 0.243 e. The van der Waals surface area contributed by atoms with Gasteiger partial charge in [0.1, 0.15) is 5.75 Å². The number of methoxy groups -OCH3 is 1. The maximum absolute atomic E-state index is 13.4. The summed E-state index contributed by atoms with van der Waals surface area (Å²) in [6.45, 7) is 2.50. The number of hydrogen-bond donors (Lipinski definition) is 0. The summed E-state index contributed by atoms with van der Waals surface area (Å²) in [4.78, 5) is 15.4. The van der Waals surface area contributed by atoms with Gasteiger partial charge in [-0.25, -0.2) is 8.42 Å². The van der Waals surface area contributed by atoms with E-state index in [0.29, 0.717) is 32.1 Å². The van der Waals surface area contributed by atoms with E-state index in [1.165, 1.54) is 4.31 Å². The fourth-order valence-corrected chi connectivity index (χ4v) is 5.70. The zero-order chi connectivity index (χ0) is 21.1. The molecule has 4 rings (SSSR count). The first-order chi connectivity index (χ1) is 14.5. The Balaban J connectivity index is 1.67. The van der Waals surface area contributed by atoms with Gasteiger partial charge in [0.25, 0.3) is 0 Å². The molecule has 2 aliphatic rings. The summed E-state index contributed by atoms with van der Waals surface area (Å²) in [5.41, 5.74) is 0.909. The third-order valence-corrected chi connectivity index (χ3v) is 7.68. The first-order valence-corrected chi connectivity index (χ1v) is 11.5. The normalized spacial score (nSPS) is 22.8. The second-order valence-electron chi connectivity index (χ2n) is 7.56. The maximum atomic E-state index is 13.4. The molecule has 2 aromatic carbocycles. The summed E-state index contributed by atoms with van der Waals surface area (Å²) >= 11 is 0. The molecule has 8 heteroatoms. The van der Waals surface area contributed by atoms with Gasteiger partial charge in [-0.15, -0.1) is 0 Å². The van der Waals surface area contributed by atoms with E-state index in [9.17, 15) is 13.2 Å². The molecular formula is C22H26N2O5S. The first kappa shape index (κ1) is 20.8. The van der Waals surface area contributed by atoms with Crippen molar-refractivity contribution in [2.45, 2.75) is 10.8 Å². The van der Waals surface area contributed by atoms with Crippen LogP contribution in [0.15, 0.2) is 59.5 Å². The van der Waals surface area contributed by atoms with Gasteiger partial charge in [-0.05, 0) is 29.8 Å². The standard InChI is InChI=1S/C22H26N2O5S/c1-28-18-7-5-6-17(14-18)20-15-24(30(26,27)19-8-3-2-4-9-19)16-21(20)22(25)23-10-12-29-13-11-23/h2-9,14,20-21H,10-13,15-16H2,1H3/t20-,21-/m1/s1. The summed E-state index contributed by atoms with van der Waals surface area (Å²) in [6.07, 6.45) is 0. The van der Waals surface area contributed by atoms with E-state index in [1.54, 1.807) is 42.3 Å². The average molecular weight is 431 g/mol. The van der Waals surface area contributed by atoms with Gasteiger partial charge in [0.15, 0.2) is 0 Å². The Bertz CT molecular complexity index is 990. The van der Waals surface area contributed by atoms with Crippen LogP contribution >= 0.6 is 0 Å². The van der Waals surface area contributed by atoms with Gasteiger partial charge in [0.2, 0.25) is 15.9 Å². The van der Waals surface area contributed by atoms with Crippen molar-refractivity contribution in [1.82, 2.24) is 9.21 Å². The van der Waals surface area contributed by atoms with E-state index in [-0.39, 0.29) is 29.8 Å². The Labute approximate surface area is 177 Å². The summed E-state index contributed by atoms with van der Waals surface area (Å²) in [7, 11) is -2.09. The molecular weight excluding hydrogens is 404 g/mol. The minimum Gasteiger partial charge on any atom is -0.497 e. The molecule has 2 atom stereocenters. The summed E-state index contributed by atoms with van der Waals surface area (Å²) in [5.74, 6) is -0.0195. The van der Waals surface area contributed by atoms with Gasteiger partial charge in [-0.2, -0.15) is 4.31 Å². The Morgan fingerprint density at radius 2 is 1.77 bits per heavy atom. The number of carbonyl (C=O) groups is 1. The molecule has 0 spiro atoms. The summed E-state index contributed by atoms with van der Waals surface area (Å²) < 4.78 is 38.6. The van der Waals surface area contributed by atoms with Crippen molar-refractivity contribution in [2.75, 3.05) is 46.5 Å². The van der Waals surface area contributed by atoms with Gasteiger partial charge in [0, 0.05) is 32.1 Å². The van der Waals surface area contributed by atoms with Crippen LogP contribution in [0.2, 0.25) is 0 Å². The zero-order valence-corrected chi connectivity index (χ0v) is 17.8. The highest BCUT2D eigenvalue weighted by Crippen LogP contribution is 2.38. The number of rotatable bonds is 5. The largest absolute Gasteiger partial charge is 0.497 e. The molecule has 0 radical (unpaired) electrons. The summed E-state index contributed by atoms with van der Waals surface area (Å²) in [5, 5.41) is 0. The van der Waals surface area contributed by atoms with E-state index in [4.69, 9.17) is 9.47 Å². The highest BCUT2D eigenvalue weighted by molar-refractivity contribution is 7.89. The van der Waals surface area contributed by atoms with E-state index in [0.717, 1.165) is 5.56 Å². The van der Waals surface area contributed by atoms with Crippen molar-refractivity contribution in [2.24, 2.45) is 5.92 Å². The number of ether oxygens (including phenoxy) is 2. The van der Waals surface area contributed by atoms with E-state index in [1.807, 2.05) is 24.3 Å². The topological polar surface area (TPSA) is 76.2 Å². The van der Waals surface area contributed by atoms with Crippen molar-refractivity contribution in [1.29, 1.82) is 0 Å². The average Bonchev–Trinajstić information content (AvgIpc) is 3.26. The lowest BCUT2D eigenvalue weighted by Crippen LogP contribution is -2.45. The number of sulfonamides is 1. The Morgan fingerprint density at radius 3 is 2.47 bits per heavy atom. The molecule has 0 saturated carbocycles. The monoisotopic (exact) mass is 430 g/mol. The highest BCUT2D eigenvalue weighted by Gasteiger charge is 2.45. The Morgan fingerprint density at radius 1 is 1.03 bits per heavy atom. The molecule has 0 aromatic heterocycles.